The zero-order valence-corrected chi connectivity index (χ0v) is 11.0. The van der Waals surface area contributed by atoms with Crippen LogP contribution in [0.3, 0.4) is 0 Å². The summed E-state index contributed by atoms with van der Waals surface area (Å²) in [6.07, 6.45) is 0. The van der Waals surface area contributed by atoms with Gasteiger partial charge < -0.3 is 10.6 Å². The molecule has 1 aliphatic rings. The maximum atomic E-state index is 12.0. The van der Waals surface area contributed by atoms with Gasteiger partial charge in [0, 0.05) is 10.9 Å². The van der Waals surface area contributed by atoms with Gasteiger partial charge in [0.15, 0.2) is 0 Å². The third-order valence-corrected chi connectivity index (χ3v) is 3.67. The third-order valence-electron chi connectivity index (χ3n) is 3.12. The van der Waals surface area contributed by atoms with Crippen molar-refractivity contribution in [3.05, 3.63) is 28.2 Å². The summed E-state index contributed by atoms with van der Waals surface area (Å²) in [6.45, 7) is 3.75. The van der Waals surface area contributed by atoms with Crippen molar-refractivity contribution in [2.45, 2.75) is 6.92 Å². The first-order valence-corrected chi connectivity index (χ1v) is 6.30. The van der Waals surface area contributed by atoms with Crippen molar-refractivity contribution in [2.24, 2.45) is 11.8 Å². The maximum absolute atomic E-state index is 12.0. The molecular weight excluding hydrogens is 259 g/mol. The molecule has 2 rings (SSSR count). The highest BCUT2D eigenvalue weighted by Crippen LogP contribution is 2.26. The first-order chi connectivity index (χ1) is 8.08. The maximum Gasteiger partial charge on any atom is 0.227 e. The van der Waals surface area contributed by atoms with Gasteiger partial charge in [-0.3, -0.25) is 4.79 Å². The summed E-state index contributed by atoms with van der Waals surface area (Å²) in [4.78, 5) is 12.0. The lowest BCUT2D eigenvalue weighted by Crippen LogP contribution is -2.48. The minimum Gasteiger partial charge on any atom is -0.325 e. The molecule has 0 aromatic heterocycles. The summed E-state index contributed by atoms with van der Waals surface area (Å²) in [5.74, 6) is 0.407. The predicted octanol–water partition coefficient (Wildman–Crippen LogP) is 2.79. The fourth-order valence-electron chi connectivity index (χ4n) is 1.72. The van der Waals surface area contributed by atoms with Gasteiger partial charge in [-0.15, -0.1) is 0 Å². The van der Waals surface area contributed by atoms with Crippen LogP contribution in [0.5, 0.6) is 0 Å². The van der Waals surface area contributed by atoms with E-state index in [1.165, 1.54) is 0 Å². The minimum atomic E-state index is -0.0111. The van der Waals surface area contributed by atoms with Crippen molar-refractivity contribution in [3.8, 4) is 0 Å². The van der Waals surface area contributed by atoms with Gasteiger partial charge in [0.1, 0.15) is 0 Å². The molecule has 17 heavy (non-hydrogen) atoms. The molecule has 0 aliphatic carbocycles. The number of hydrogen-bond acceptors (Lipinski definition) is 2. The number of anilines is 1. The molecule has 1 amide bonds. The number of amides is 1. The Balaban J connectivity index is 2.02. The Hall–Kier alpha value is -0.770. The first-order valence-electron chi connectivity index (χ1n) is 5.54. The van der Waals surface area contributed by atoms with Gasteiger partial charge in [-0.2, -0.15) is 0 Å². The molecule has 1 aromatic carbocycles. The molecule has 1 aromatic rings. The molecule has 0 spiro atoms. The molecule has 0 saturated carbocycles. The predicted molar refractivity (Wildman–Crippen MR) is 70.6 cm³/mol. The molecule has 1 atom stereocenters. The quantitative estimate of drug-likeness (QED) is 0.889. The molecule has 5 heteroatoms. The van der Waals surface area contributed by atoms with Crippen LogP contribution in [0.25, 0.3) is 0 Å². The zero-order valence-electron chi connectivity index (χ0n) is 9.47. The number of benzene rings is 1. The van der Waals surface area contributed by atoms with Crippen LogP contribution in [0, 0.1) is 11.8 Å². The molecule has 1 aliphatic heterocycles. The summed E-state index contributed by atoms with van der Waals surface area (Å²) in [5.41, 5.74) is 0.611. The van der Waals surface area contributed by atoms with E-state index >= 15 is 0 Å². The van der Waals surface area contributed by atoms with Gasteiger partial charge >= 0.3 is 0 Å². The normalized spacial score (nSPS) is 17.4. The third kappa shape index (κ3) is 2.92. The van der Waals surface area contributed by atoms with Gasteiger partial charge in [-0.1, -0.05) is 30.1 Å². The molecule has 1 unspecified atom stereocenters. The highest BCUT2D eigenvalue weighted by atomic mass is 35.5. The lowest BCUT2D eigenvalue weighted by atomic mass is 9.88. The van der Waals surface area contributed by atoms with E-state index in [1.807, 2.05) is 6.92 Å². The largest absolute Gasteiger partial charge is 0.325 e. The second kappa shape index (κ2) is 5.25. The van der Waals surface area contributed by atoms with Gasteiger partial charge in [-0.25, -0.2) is 0 Å². The van der Waals surface area contributed by atoms with E-state index in [2.05, 4.69) is 10.6 Å². The SMILES string of the molecule is CC(C(=O)Nc1ccc(Cl)cc1Cl)C1CNC1. The number of halogens is 2. The summed E-state index contributed by atoms with van der Waals surface area (Å²) in [6, 6.07) is 5.04. The van der Waals surface area contributed by atoms with Crippen molar-refractivity contribution in [1.29, 1.82) is 0 Å². The summed E-state index contributed by atoms with van der Waals surface area (Å²) < 4.78 is 0. The number of rotatable bonds is 3. The summed E-state index contributed by atoms with van der Waals surface area (Å²) in [7, 11) is 0. The average Bonchev–Trinajstić information content (AvgIpc) is 2.19. The standard InChI is InChI=1S/C12H14Cl2N2O/c1-7(8-5-15-6-8)12(17)16-11-3-2-9(13)4-10(11)14/h2-4,7-8,15H,5-6H2,1H3,(H,16,17). The van der Waals surface area contributed by atoms with E-state index in [4.69, 9.17) is 23.2 Å². The number of carbonyl (C=O) groups is 1. The van der Waals surface area contributed by atoms with Crippen LogP contribution in [0.1, 0.15) is 6.92 Å². The van der Waals surface area contributed by atoms with Crippen molar-refractivity contribution in [2.75, 3.05) is 18.4 Å². The molecule has 2 N–H and O–H groups in total. The average molecular weight is 273 g/mol. The van der Waals surface area contributed by atoms with Crippen molar-refractivity contribution in [1.82, 2.24) is 5.32 Å². The molecule has 3 nitrogen and oxygen atoms in total. The van der Waals surface area contributed by atoms with E-state index < -0.39 is 0 Å². The van der Waals surface area contributed by atoms with E-state index in [0.717, 1.165) is 13.1 Å². The highest BCUT2D eigenvalue weighted by molar-refractivity contribution is 6.36. The Morgan fingerprint density at radius 3 is 2.71 bits per heavy atom. The Morgan fingerprint density at radius 2 is 2.18 bits per heavy atom. The van der Waals surface area contributed by atoms with Gasteiger partial charge in [0.25, 0.3) is 0 Å². The molecule has 92 valence electrons. The molecule has 0 bridgehead atoms. The molecule has 1 heterocycles. The fraction of sp³-hybridized carbons (Fsp3) is 0.417. The van der Waals surface area contributed by atoms with Crippen LogP contribution in [0.2, 0.25) is 10.0 Å². The smallest absolute Gasteiger partial charge is 0.227 e. The zero-order chi connectivity index (χ0) is 12.4. The van der Waals surface area contributed by atoms with Gasteiger partial charge in [0.2, 0.25) is 5.91 Å². The van der Waals surface area contributed by atoms with Crippen LogP contribution in [0.4, 0.5) is 5.69 Å². The number of carbonyl (C=O) groups excluding carboxylic acids is 1. The van der Waals surface area contributed by atoms with Gasteiger partial charge in [0.05, 0.1) is 10.7 Å². The fourth-order valence-corrected chi connectivity index (χ4v) is 2.17. The molecular formula is C12H14Cl2N2O. The number of hydrogen-bond donors (Lipinski definition) is 2. The monoisotopic (exact) mass is 272 g/mol. The van der Waals surface area contributed by atoms with E-state index in [-0.39, 0.29) is 11.8 Å². The van der Waals surface area contributed by atoms with Crippen LogP contribution >= 0.6 is 23.2 Å². The molecule has 1 fully saturated rings. The van der Waals surface area contributed by atoms with E-state index in [9.17, 15) is 4.79 Å². The Kier molecular flexibility index (Phi) is 3.92. The summed E-state index contributed by atoms with van der Waals surface area (Å²) >= 11 is 11.8. The van der Waals surface area contributed by atoms with Crippen LogP contribution < -0.4 is 10.6 Å². The van der Waals surface area contributed by atoms with Crippen molar-refractivity contribution >= 4 is 34.8 Å². The Bertz CT molecular complexity index is 433. The lowest BCUT2D eigenvalue weighted by molar-refractivity contribution is -0.121. The van der Waals surface area contributed by atoms with Gasteiger partial charge in [-0.05, 0) is 37.2 Å². The molecule has 1 saturated heterocycles. The van der Waals surface area contributed by atoms with Crippen LogP contribution in [-0.4, -0.2) is 19.0 Å². The first kappa shape index (κ1) is 12.7. The summed E-state index contributed by atoms with van der Waals surface area (Å²) in [5, 5.41) is 7.01. The van der Waals surface area contributed by atoms with E-state index in [1.54, 1.807) is 18.2 Å². The second-order valence-electron chi connectivity index (χ2n) is 4.32. The Morgan fingerprint density at radius 1 is 1.47 bits per heavy atom. The lowest BCUT2D eigenvalue weighted by Gasteiger charge is -2.31. The van der Waals surface area contributed by atoms with Crippen molar-refractivity contribution in [3.63, 3.8) is 0 Å². The molecule has 0 radical (unpaired) electrons. The van der Waals surface area contributed by atoms with Crippen LogP contribution in [-0.2, 0) is 4.79 Å². The highest BCUT2D eigenvalue weighted by Gasteiger charge is 2.28. The van der Waals surface area contributed by atoms with Crippen LogP contribution in [0.15, 0.2) is 18.2 Å². The Labute approximate surface area is 110 Å². The minimum absolute atomic E-state index is 0.000669. The van der Waals surface area contributed by atoms with E-state index in [0.29, 0.717) is 21.7 Å². The topological polar surface area (TPSA) is 41.1 Å². The van der Waals surface area contributed by atoms with Crippen molar-refractivity contribution < 1.29 is 4.79 Å². The second-order valence-corrected chi connectivity index (χ2v) is 5.16. The number of nitrogens with one attached hydrogen (secondary N) is 2.